The first-order valence-corrected chi connectivity index (χ1v) is 10.5. The Bertz CT molecular complexity index is 1150. The van der Waals surface area contributed by atoms with Gasteiger partial charge in [-0.1, -0.05) is 30.3 Å². The van der Waals surface area contributed by atoms with Crippen LogP contribution in [0.2, 0.25) is 0 Å². The number of fused-ring (bicyclic) bond motifs is 1. The number of hydrogen-bond donors (Lipinski definition) is 0. The van der Waals surface area contributed by atoms with Crippen molar-refractivity contribution in [2.45, 2.75) is 30.6 Å². The van der Waals surface area contributed by atoms with Crippen molar-refractivity contribution in [1.82, 2.24) is 8.87 Å². The number of alkyl halides is 3. The second kappa shape index (κ2) is 7.03. The van der Waals surface area contributed by atoms with E-state index in [9.17, 15) is 21.6 Å². The minimum atomic E-state index is -4.61. The Morgan fingerprint density at radius 1 is 0.966 bits per heavy atom. The van der Waals surface area contributed by atoms with Crippen LogP contribution >= 0.6 is 0 Å². The van der Waals surface area contributed by atoms with Crippen LogP contribution in [-0.2, 0) is 22.7 Å². The summed E-state index contributed by atoms with van der Waals surface area (Å²) < 4.78 is 69.6. The molecule has 1 atom stereocenters. The SMILES string of the molecule is Cc1ccccc1C1c2cccn2CCN1S(=O)(=O)c1cccc(C(F)(F)F)c1. The van der Waals surface area contributed by atoms with Crippen molar-refractivity contribution < 1.29 is 21.6 Å². The van der Waals surface area contributed by atoms with Crippen molar-refractivity contribution >= 4 is 10.0 Å². The molecule has 0 saturated heterocycles. The van der Waals surface area contributed by atoms with Crippen LogP contribution in [0.5, 0.6) is 0 Å². The zero-order valence-electron chi connectivity index (χ0n) is 15.6. The summed E-state index contributed by atoms with van der Waals surface area (Å²) in [5.74, 6) is 0. The number of nitrogens with zero attached hydrogens (tertiary/aromatic N) is 2. The van der Waals surface area contributed by atoms with E-state index >= 15 is 0 Å². The Morgan fingerprint density at radius 3 is 2.45 bits per heavy atom. The molecule has 1 aliphatic rings. The van der Waals surface area contributed by atoms with Crippen molar-refractivity contribution in [2.75, 3.05) is 6.54 Å². The molecule has 4 rings (SSSR count). The van der Waals surface area contributed by atoms with Crippen LogP contribution in [0.4, 0.5) is 13.2 Å². The second-order valence-electron chi connectivity index (χ2n) is 7.03. The molecule has 0 bridgehead atoms. The van der Waals surface area contributed by atoms with E-state index in [1.54, 1.807) is 0 Å². The predicted molar refractivity (Wildman–Crippen MR) is 103 cm³/mol. The van der Waals surface area contributed by atoms with Crippen LogP contribution in [0.3, 0.4) is 0 Å². The molecule has 4 nitrogen and oxygen atoms in total. The monoisotopic (exact) mass is 420 g/mol. The number of rotatable bonds is 3. The van der Waals surface area contributed by atoms with E-state index in [0.717, 1.165) is 29.0 Å². The molecule has 0 N–H and O–H groups in total. The summed E-state index contributed by atoms with van der Waals surface area (Å²) in [5.41, 5.74) is 1.53. The maximum Gasteiger partial charge on any atom is 0.416 e. The summed E-state index contributed by atoms with van der Waals surface area (Å²) >= 11 is 0. The van der Waals surface area contributed by atoms with E-state index < -0.39 is 27.8 Å². The van der Waals surface area contributed by atoms with Crippen LogP contribution < -0.4 is 0 Å². The van der Waals surface area contributed by atoms with Gasteiger partial charge < -0.3 is 4.57 Å². The first-order valence-electron chi connectivity index (χ1n) is 9.09. The molecule has 1 aliphatic heterocycles. The zero-order valence-corrected chi connectivity index (χ0v) is 16.4. The first-order chi connectivity index (χ1) is 13.7. The first kappa shape index (κ1) is 19.7. The summed E-state index contributed by atoms with van der Waals surface area (Å²) in [6.07, 6.45) is -2.73. The van der Waals surface area contributed by atoms with Gasteiger partial charge in [0.25, 0.3) is 0 Å². The fraction of sp³-hybridized carbons (Fsp3) is 0.238. The Labute approximate surface area is 167 Å². The Balaban J connectivity index is 1.86. The van der Waals surface area contributed by atoms with Gasteiger partial charge in [0.15, 0.2) is 0 Å². The average Bonchev–Trinajstić information content (AvgIpc) is 3.16. The van der Waals surface area contributed by atoms with Crippen LogP contribution in [0.15, 0.2) is 71.8 Å². The average molecular weight is 420 g/mol. The number of benzene rings is 2. The molecule has 1 aromatic heterocycles. The molecule has 8 heteroatoms. The minimum absolute atomic E-state index is 0.166. The Kier molecular flexibility index (Phi) is 4.78. The maximum absolute atomic E-state index is 13.4. The Morgan fingerprint density at radius 2 is 1.72 bits per heavy atom. The standard InChI is InChI=1S/C21H19F3N2O2S/c1-15-6-2-3-9-18(15)20-19-10-5-11-25(19)12-13-26(20)29(27,28)17-8-4-7-16(14-17)21(22,23)24/h2-11,14,20H,12-13H2,1H3. The molecule has 2 aromatic carbocycles. The molecule has 152 valence electrons. The molecule has 0 aliphatic carbocycles. The quantitative estimate of drug-likeness (QED) is 0.621. The van der Waals surface area contributed by atoms with Crippen LogP contribution in [0.25, 0.3) is 0 Å². The van der Waals surface area contributed by atoms with Gasteiger partial charge in [-0.3, -0.25) is 0 Å². The molecule has 3 aromatic rings. The highest BCUT2D eigenvalue weighted by Gasteiger charge is 2.39. The molecule has 0 saturated carbocycles. The van der Waals surface area contributed by atoms with Gasteiger partial charge in [0, 0.05) is 25.0 Å². The van der Waals surface area contributed by atoms with E-state index in [1.807, 2.05) is 54.1 Å². The van der Waals surface area contributed by atoms with Crippen LogP contribution in [-0.4, -0.2) is 23.8 Å². The Hall–Kier alpha value is -2.58. The van der Waals surface area contributed by atoms with E-state index in [-0.39, 0.29) is 11.4 Å². The molecule has 1 unspecified atom stereocenters. The second-order valence-corrected chi connectivity index (χ2v) is 8.92. The van der Waals surface area contributed by atoms with Crippen molar-refractivity contribution in [3.05, 3.63) is 89.2 Å². The van der Waals surface area contributed by atoms with E-state index in [1.165, 1.54) is 10.4 Å². The predicted octanol–water partition coefficient (Wildman–Crippen LogP) is 4.61. The normalized spacial score (nSPS) is 17.9. The lowest BCUT2D eigenvalue weighted by molar-refractivity contribution is -0.137. The molecule has 29 heavy (non-hydrogen) atoms. The smallest absolute Gasteiger partial charge is 0.348 e. The molecule has 0 fully saturated rings. The summed E-state index contributed by atoms with van der Waals surface area (Å²) in [7, 11) is -4.16. The zero-order chi connectivity index (χ0) is 20.8. The van der Waals surface area contributed by atoms with Crippen molar-refractivity contribution in [3.8, 4) is 0 Å². The topological polar surface area (TPSA) is 42.3 Å². The number of halogens is 3. The minimum Gasteiger partial charge on any atom is -0.348 e. The van der Waals surface area contributed by atoms with Gasteiger partial charge in [0.05, 0.1) is 16.5 Å². The van der Waals surface area contributed by atoms with E-state index in [4.69, 9.17) is 0 Å². The summed E-state index contributed by atoms with van der Waals surface area (Å²) in [6.45, 7) is 2.49. The fourth-order valence-corrected chi connectivity index (χ4v) is 5.42. The largest absolute Gasteiger partial charge is 0.416 e. The van der Waals surface area contributed by atoms with Gasteiger partial charge in [-0.25, -0.2) is 8.42 Å². The highest BCUT2D eigenvalue weighted by molar-refractivity contribution is 7.89. The van der Waals surface area contributed by atoms with E-state index in [2.05, 4.69) is 0 Å². The number of aryl methyl sites for hydroxylation is 1. The summed E-state index contributed by atoms with van der Waals surface area (Å²) in [4.78, 5) is -0.356. The highest BCUT2D eigenvalue weighted by atomic mass is 32.2. The number of hydrogen-bond acceptors (Lipinski definition) is 2. The van der Waals surface area contributed by atoms with E-state index in [0.29, 0.717) is 12.6 Å². The summed E-state index contributed by atoms with van der Waals surface area (Å²) in [5, 5.41) is 0. The third-order valence-electron chi connectivity index (χ3n) is 5.25. The molecule has 0 amide bonds. The lowest BCUT2D eigenvalue weighted by Crippen LogP contribution is -2.42. The van der Waals surface area contributed by atoms with Crippen LogP contribution in [0.1, 0.15) is 28.4 Å². The molecule has 0 spiro atoms. The lowest BCUT2D eigenvalue weighted by atomic mass is 9.97. The van der Waals surface area contributed by atoms with Gasteiger partial charge in [0.2, 0.25) is 10.0 Å². The van der Waals surface area contributed by atoms with Gasteiger partial charge in [-0.15, -0.1) is 0 Å². The van der Waals surface area contributed by atoms with Gasteiger partial charge in [-0.2, -0.15) is 17.5 Å². The number of sulfonamides is 1. The maximum atomic E-state index is 13.4. The summed E-state index contributed by atoms with van der Waals surface area (Å²) in [6, 6.07) is 14.5. The lowest BCUT2D eigenvalue weighted by Gasteiger charge is -2.37. The third kappa shape index (κ3) is 3.47. The number of aromatic nitrogens is 1. The fourth-order valence-electron chi connectivity index (χ4n) is 3.80. The molecular weight excluding hydrogens is 401 g/mol. The molecule has 0 radical (unpaired) electrons. The molecular formula is C21H19F3N2O2S. The van der Waals surface area contributed by atoms with Crippen molar-refractivity contribution in [3.63, 3.8) is 0 Å². The van der Waals surface area contributed by atoms with Gasteiger partial charge in [0.1, 0.15) is 0 Å². The van der Waals surface area contributed by atoms with Gasteiger partial charge >= 0.3 is 6.18 Å². The van der Waals surface area contributed by atoms with Crippen molar-refractivity contribution in [2.24, 2.45) is 0 Å². The third-order valence-corrected chi connectivity index (χ3v) is 7.11. The van der Waals surface area contributed by atoms with Crippen molar-refractivity contribution in [1.29, 1.82) is 0 Å². The molecule has 2 heterocycles. The van der Waals surface area contributed by atoms with Crippen LogP contribution in [0, 0.1) is 6.92 Å². The highest BCUT2D eigenvalue weighted by Crippen LogP contribution is 2.38. The van der Waals surface area contributed by atoms with Gasteiger partial charge in [-0.05, 0) is 48.4 Å².